The van der Waals surface area contributed by atoms with Gasteiger partial charge in [0.25, 0.3) is 5.56 Å². The molecule has 0 bridgehead atoms. The van der Waals surface area contributed by atoms with E-state index in [-0.39, 0.29) is 5.56 Å². The molecule has 0 aliphatic rings. The first-order valence-corrected chi connectivity index (χ1v) is 10.8. The Kier molecular flexibility index (Phi) is 6.31. The smallest absolute Gasteiger partial charge is 0.282 e. The van der Waals surface area contributed by atoms with Crippen molar-refractivity contribution >= 4 is 39.7 Å². The van der Waals surface area contributed by atoms with Crippen molar-refractivity contribution in [1.29, 1.82) is 0 Å². The van der Waals surface area contributed by atoms with Gasteiger partial charge in [-0.1, -0.05) is 42.5 Å². The predicted molar refractivity (Wildman–Crippen MR) is 131 cm³/mol. The van der Waals surface area contributed by atoms with Gasteiger partial charge in [0.05, 0.1) is 34.4 Å². The zero-order chi connectivity index (χ0) is 21.8. The van der Waals surface area contributed by atoms with E-state index in [0.717, 1.165) is 14.7 Å². The summed E-state index contributed by atoms with van der Waals surface area (Å²) in [5, 5.41) is 5.02. The molecule has 0 saturated heterocycles. The van der Waals surface area contributed by atoms with Crippen LogP contribution < -0.4 is 15.0 Å². The number of rotatable bonds is 6. The number of aromatic nitrogens is 2. The van der Waals surface area contributed by atoms with Gasteiger partial charge in [0.1, 0.15) is 0 Å². The Morgan fingerprint density at radius 1 is 1.10 bits per heavy atom. The summed E-state index contributed by atoms with van der Waals surface area (Å²) in [5.74, 6) is 1.79. The van der Waals surface area contributed by atoms with Crippen LogP contribution in [-0.2, 0) is 0 Å². The molecular formula is C24H20IN3O3. The molecule has 0 radical (unpaired) electrons. The Labute approximate surface area is 193 Å². The Bertz CT molecular complexity index is 1320. The monoisotopic (exact) mass is 525 g/mol. The molecule has 1 heterocycles. The van der Waals surface area contributed by atoms with E-state index >= 15 is 0 Å². The van der Waals surface area contributed by atoms with Gasteiger partial charge in [-0.05, 0) is 59.3 Å². The number of nitrogens with zero attached hydrogens (tertiary/aromatic N) is 3. The molecule has 7 heteroatoms. The molecule has 4 rings (SSSR count). The van der Waals surface area contributed by atoms with Crippen LogP contribution in [0.4, 0.5) is 0 Å². The molecule has 4 aromatic rings. The summed E-state index contributed by atoms with van der Waals surface area (Å²) in [6.07, 6.45) is 1.63. The van der Waals surface area contributed by atoms with E-state index in [9.17, 15) is 4.79 Å². The Balaban J connectivity index is 1.87. The second kappa shape index (κ2) is 9.30. The van der Waals surface area contributed by atoms with Gasteiger partial charge in [-0.2, -0.15) is 9.78 Å². The van der Waals surface area contributed by atoms with Crippen LogP contribution in [0.15, 0.2) is 76.6 Å². The largest absolute Gasteiger partial charge is 0.493 e. The van der Waals surface area contributed by atoms with Gasteiger partial charge in [-0.15, -0.1) is 0 Å². The minimum atomic E-state index is -0.228. The maximum atomic E-state index is 13.2. The second-order valence-electron chi connectivity index (χ2n) is 6.65. The lowest BCUT2D eigenvalue weighted by Gasteiger charge is -2.12. The minimum Gasteiger partial charge on any atom is -0.493 e. The van der Waals surface area contributed by atoms with Crippen molar-refractivity contribution in [2.75, 3.05) is 13.7 Å². The number of hydrogen-bond acceptors (Lipinski definition) is 5. The highest BCUT2D eigenvalue weighted by atomic mass is 127. The van der Waals surface area contributed by atoms with Crippen LogP contribution in [0.1, 0.15) is 12.5 Å². The van der Waals surface area contributed by atoms with Crippen molar-refractivity contribution < 1.29 is 9.47 Å². The normalized spacial score (nSPS) is 11.2. The fraction of sp³-hybridized carbons (Fsp3) is 0.125. The molecule has 6 nitrogen and oxygen atoms in total. The summed E-state index contributed by atoms with van der Waals surface area (Å²) in [4.78, 5) is 17.9. The van der Waals surface area contributed by atoms with Gasteiger partial charge in [0, 0.05) is 5.56 Å². The molecule has 0 spiro atoms. The number of halogens is 1. The number of fused-ring (bicyclic) bond motifs is 1. The van der Waals surface area contributed by atoms with Crippen molar-refractivity contribution in [3.05, 3.63) is 86.2 Å². The van der Waals surface area contributed by atoms with E-state index in [1.54, 1.807) is 19.4 Å². The van der Waals surface area contributed by atoms with Crippen LogP contribution in [0.3, 0.4) is 0 Å². The fourth-order valence-electron chi connectivity index (χ4n) is 3.23. The van der Waals surface area contributed by atoms with E-state index in [1.807, 2.05) is 67.6 Å². The van der Waals surface area contributed by atoms with E-state index in [4.69, 9.17) is 14.5 Å². The van der Waals surface area contributed by atoms with Gasteiger partial charge in [-0.3, -0.25) is 4.79 Å². The summed E-state index contributed by atoms with van der Waals surface area (Å²) in [5.41, 5.74) is 1.99. The highest BCUT2D eigenvalue weighted by Gasteiger charge is 2.13. The van der Waals surface area contributed by atoms with Gasteiger partial charge < -0.3 is 9.47 Å². The maximum absolute atomic E-state index is 13.2. The molecule has 3 aromatic carbocycles. The van der Waals surface area contributed by atoms with Crippen LogP contribution in [0, 0.1) is 3.57 Å². The minimum absolute atomic E-state index is 0.228. The lowest BCUT2D eigenvalue weighted by molar-refractivity contribution is 0.308. The molecule has 0 saturated carbocycles. The molecule has 0 aliphatic carbocycles. The number of ether oxygens (including phenoxy) is 2. The summed E-state index contributed by atoms with van der Waals surface area (Å²) in [7, 11) is 1.60. The lowest BCUT2D eigenvalue weighted by atomic mass is 10.2. The van der Waals surface area contributed by atoms with E-state index < -0.39 is 0 Å². The Morgan fingerprint density at radius 2 is 1.84 bits per heavy atom. The van der Waals surface area contributed by atoms with Crippen LogP contribution in [0.2, 0.25) is 0 Å². The Morgan fingerprint density at radius 3 is 2.58 bits per heavy atom. The number of benzene rings is 3. The van der Waals surface area contributed by atoms with E-state index in [2.05, 4.69) is 27.7 Å². The first kappa shape index (κ1) is 21.0. The molecule has 31 heavy (non-hydrogen) atoms. The Hall–Kier alpha value is -3.20. The SMILES string of the molecule is CCOc1c(I)cc(C=Nn2c(-c3ccccc3)nc3ccccc3c2=O)cc1OC. The molecule has 0 N–H and O–H groups in total. The summed E-state index contributed by atoms with van der Waals surface area (Å²) in [6.45, 7) is 2.47. The third-order valence-electron chi connectivity index (χ3n) is 4.65. The molecule has 156 valence electrons. The van der Waals surface area contributed by atoms with E-state index in [0.29, 0.717) is 34.8 Å². The second-order valence-corrected chi connectivity index (χ2v) is 7.81. The fourth-order valence-corrected chi connectivity index (χ4v) is 4.01. The highest BCUT2D eigenvalue weighted by molar-refractivity contribution is 14.1. The van der Waals surface area contributed by atoms with Crippen molar-refractivity contribution in [2.24, 2.45) is 5.10 Å². The van der Waals surface area contributed by atoms with Crippen LogP contribution in [0.5, 0.6) is 11.5 Å². The zero-order valence-corrected chi connectivity index (χ0v) is 19.2. The highest BCUT2D eigenvalue weighted by Crippen LogP contribution is 2.33. The molecule has 1 aromatic heterocycles. The average molecular weight is 525 g/mol. The first-order valence-electron chi connectivity index (χ1n) is 9.74. The summed E-state index contributed by atoms with van der Waals surface area (Å²) >= 11 is 2.20. The van der Waals surface area contributed by atoms with Crippen molar-refractivity contribution in [1.82, 2.24) is 9.66 Å². The van der Waals surface area contributed by atoms with Crippen LogP contribution in [0.25, 0.3) is 22.3 Å². The molecule has 0 unspecified atom stereocenters. The third kappa shape index (κ3) is 4.32. The van der Waals surface area contributed by atoms with Gasteiger partial charge in [0.15, 0.2) is 17.3 Å². The van der Waals surface area contributed by atoms with Crippen molar-refractivity contribution in [3.8, 4) is 22.9 Å². The molecule has 0 atom stereocenters. The van der Waals surface area contributed by atoms with Crippen molar-refractivity contribution in [2.45, 2.75) is 6.92 Å². The van der Waals surface area contributed by atoms with Crippen molar-refractivity contribution in [3.63, 3.8) is 0 Å². The molecule has 0 fully saturated rings. The van der Waals surface area contributed by atoms with Crippen LogP contribution >= 0.6 is 22.6 Å². The predicted octanol–water partition coefficient (Wildman–Crippen LogP) is 4.96. The summed E-state index contributed by atoms with van der Waals surface area (Å²) < 4.78 is 13.4. The topological polar surface area (TPSA) is 65.7 Å². The third-order valence-corrected chi connectivity index (χ3v) is 5.45. The maximum Gasteiger partial charge on any atom is 0.282 e. The average Bonchev–Trinajstić information content (AvgIpc) is 2.80. The molecule has 0 amide bonds. The van der Waals surface area contributed by atoms with E-state index in [1.165, 1.54) is 4.68 Å². The zero-order valence-electron chi connectivity index (χ0n) is 17.1. The number of methoxy groups -OCH3 is 1. The first-order chi connectivity index (χ1) is 15.1. The van der Waals surface area contributed by atoms with Gasteiger partial charge >= 0.3 is 0 Å². The number of para-hydroxylation sites is 1. The quantitative estimate of drug-likeness (QED) is 0.264. The summed E-state index contributed by atoms with van der Waals surface area (Å²) in [6, 6.07) is 20.6. The lowest BCUT2D eigenvalue weighted by Crippen LogP contribution is -2.20. The van der Waals surface area contributed by atoms with Gasteiger partial charge in [0.2, 0.25) is 0 Å². The van der Waals surface area contributed by atoms with Gasteiger partial charge in [-0.25, -0.2) is 4.98 Å². The van der Waals surface area contributed by atoms with Crippen LogP contribution in [-0.4, -0.2) is 29.6 Å². The molecule has 0 aliphatic heterocycles. The number of hydrogen-bond donors (Lipinski definition) is 0. The molecular weight excluding hydrogens is 505 g/mol. The standard InChI is InChI=1S/C24H20IN3O3/c1-3-31-22-19(25)13-16(14-21(22)30-2)15-26-28-23(17-9-5-4-6-10-17)27-20-12-8-7-11-18(20)24(28)29/h4-15H,3H2,1-2H3.